The molecule has 1 aromatic carbocycles. The van der Waals surface area contributed by atoms with Crippen LogP contribution in [0.4, 0.5) is 5.82 Å². The smallest absolute Gasteiger partial charge is 0.206 e. The van der Waals surface area contributed by atoms with Crippen LogP contribution in [-0.2, 0) is 6.54 Å². The number of anilines is 1. The van der Waals surface area contributed by atoms with Crippen LogP contribution in [0.25, 0.3) is 28.2 Å². The fourth-order valence-electron chi connectivity index (χ4n) is 3.26. The van der Waals surface area contributed by atoms with Crippen LogP contribution >= 0.6 is 0 Å². The second-order valence-electron chi connectivity index (χ2n) is 6.59. The van der Waals surface area contributed by atoms with Crippen LogP contribution in [0.1, 0.15) is 11.3 Å². The van der Waals surface area contributed by atoms with Gasteiger partial charge >= 0.3 is 0 Å². The minimum Gasteiger partial charge on any atom is -0.366 e. The fourth-order valence-corrected chi connectivity index (χ4v) is 3.26. The van der Waals surface area contributed by atoms with Crippen molar-refractivity contribution in [3.63, 3.8) is 0 Å². The molecule has 5 rings (SSSR count). The number of fused-ring (bicyclic) bond motifs is 1. The van der Waals surface area contributed by atoms with Crippen molar-refractivity contribution >= 4 is 11.5 Å². The Morgan fingerprint density at radius 3 is 2.76 bits per heavy atom. The number of pyridine rings is 1. The summed E-state index contributed by atoms with van der Waals surface area (Å²) in [6.45, 7) is 2.65. The predicted octanol–water partition coefficient (Wildman–Crippen LogP) is 2.89. The third-order valence-electron chi connectivity index (χ3n) is 4.63. The number of nitrogens with one attached hydrogen (secondary N) is 2. The number of aromatic amines is 1. The van der Waals surface area contributed by atoms with E-state index in [1.165, 1.54) is 0 Å². The van der Waals surface area contributed by atoms with Crippen LogP contribution in [-0.4, -0.2) is 40.2 Å². The van der Waals surface area contributed by atoms with Crippen molar-refractivity contribution in [2.24, 2.45) is 0 Å². The zero-order chi connectivity index (χ0) is 19.6. The number of aryl methyl sites for hydroxylation is 1. The first-order chi connectivity index (χ1) is 14.3. The van der Waals surface area contributed by atoms with Crippen molar-refractivity contribution in [1.82, 2.24) is 40.2 Å². The summed E-state index contributed by atoms with van der Waals surface area (Å²) >= 11 is 0. The Morgan fingerprint density at radius 2 is 1.93 bits per heavy atom. The first-order valence-electron chi connectivity index (χ1n) is 9.10. The summed E-state index contributed by atoms with van der Waals surface area (Å²) < 4.78 is 1.80. The van der Waals surface area contributed by atoms with E-state index in [-0.39, 0.29) is 0 Å². The molecule has 0 bridgehead atoms. The van der Waals surface area contributed by atoms with Crippen LogP contribution in [0.3, 0.4) is 0 Å². The number of H-pyrrole nitrogens is 1. The third-order valence-corrected chi connectivity index (χ3v) is 4.63. The van der Waals surface area contributed by atoms with Crippen LogP contribution in [0.2, 0.25) is 0 Å². The zero-order valence-electron chi connectivity index (χ0n) is 15.6. The minimum absolute atomic E-state index is 0.523. The maximum Gasteiger partial charge on any atom is 0.206 e. The van der Waals surface area contributed by atoms with E-state index in [9.17, 15) is 0 Å². The lowest BCUT2D eigenvalue weighted by atomic mass is 10.00. The van der Waals surface area contributed by atoms with E-state index in [1.54, 1.807) is 23.1 Å². The fraction of sp³-hybridized carbons (Fsp3) is 0.100. The molecule has 0 radical (unpaired) electrons. The molecule has 0 fully saturated rings. The van der Waals surface area contributed by atoms with Gasteiger partial charge in [-0.05, 0) is 34.9 Å². The Kier molecular flexibility index (Phi) is 4.17. The molecule has 0 atom stereocenters. The van der Waals surface area contributed by atoms with E-state index >= 15 is 0 Å². The number of aromatic nitrogens is 8. The summed E-state index contributed by atoms with van der Waals surface area (Å²) in [7, 11) is 0. The Labute approximate surface area is 165 Å². The quantitative estimate of drug-likeness (QED) is 0.480. The molecular formula is C20H17N9. The average molecular weight is 383 g/mol. The number of hydrogen-bond donors (Lipinski definition) is 2. The van der Waals surface area contributed by atoms with Gasteiger partial charge in [0.05, 0.1) is 6.20 Å². The number of tetrazole rings is 1. The van der Waals surface area contributed by atoms with Gasteiger partial charge in [0.15, 0.2) is 5.65 Å². The summed E-state index contributed by atoms with van der Waals surface area (Å²) in [5.74, 6) is 1.44. The van der Waals surface area contributed by atoms with Gasteiger partial charge in [0, 0.05) is 42.3 Å². The van der Waals surface area contributed by atoms with Crippen LogP contribution < -0.4 is 5.32 Å². The highest BCUT2D eigenvalue weighted by molar-refractivity contribution is 5.79. The lowest BCUT2D eigenvalue weighted by Gasteiger charge is -2.11. The minimum atomic E-state index is 0.523. The molecule has 4 heterocycles. The molecule has 29 heavy (non-hydrogen) atoms. The van der Waals surface area contributed by atoms with Crippen LogP contribution in [0.15, 0.2) is 61.1 Å². The molecule has 0 aliphatic carbocycles. The van der Waals surface area contributed by atoms with Gasteiger partial charge in [-0.25, -0.2) is 4.98 Å². The third kappa shape index (κ3) is 3.29. The molecule has 9 nitrogen and oxygen atoms in total. The van der Waals surface area contributed by atoms with Crippen LogP contribution in [0, 0.1) is 6.92 Å². The van der Waals surface area contributed by atoms with E-state index < -0.39 is 0 Å². The summed E-state index contributed by atoms with van der Waals surface area (Å²) in [5.41, 5.74) is 5.82. The molecule has 0 saturated carbocycles. The van der Waals surface area contributed by atoms with Gasteiger partial charge in [-0.1, -0.05) is 24.3 Å². The largest absolute Gasteiger partial charge is 0.366 e. The van der Waals surface area contributed by atoms with E-state index in [4.69, 9.17) is 0 Å². The van der Waals surface area contributed by atoms with Gasteiger partial charge in [-0.15, -0.1) is 10.2 Å². The normalized spacial score (nSPS) is 11.1. The maximum atomic E-state index is 4.46. The van der Waals surface area contributed by atoms with E-state index in [0.29, 0.717) is 12.4 Å². The molecule has 0 saturated heterocycles. The van der Waals surface area contributed by atoms with Crippen molar-refractivity contribution in [2.75, 3.05) is 5.32 Å². The second-order valence-corrected chi connectivity index (χ2v) is 6.59. The van der Waals surface area contributed by atoms with Crippen molar-refractivity contribution in [1.29, 1.82) is 0 Å². The first kappa shape index (κ1) is 17.0. The number of hydrogen-bond acceptors (Lipinski definition) is 7. The van der Waals surface area contributed by atoms with Crippen molar-refractivity contribution < 1.29 is 0 Å². The van der Waals surface area contributed by atoms with Crippen molar-refractivity contribution in [2.45, 2.75) is 13.5 Å². The Morgan fingerprint density at radius 1 is 1.03 bits per heavy atom. The molecule has 0 aliphatic rings. The lowest BCUT2D eigenvalue weighted by Crippen LogP contribution is -2.06. The molecule has 0 spiro atoms. The highest BCUT2D eigenvalue weighted by Crippen LogP contribution is 2.29. The topological polar surface area (TPSA) is 110 Å². The van der Waals surface area contributed by atoms with Gasteiger partial charge in [0.25, 0.3) is 0 Å². The Hall–Kier alpha value is -4.14. The highest BCUT2D eigenvalue weighted by atomic mass is 15.5. The molecular weight excluding hydrogens is 366 g/mol. The Balaban J connectivity index is 1.38. The predicted molar refractivity (Wildman–Crippen MR) is 108 cm³/mol. The molecule has 9 heteroatoms. The molecule has 142 valence electrons. The van der Waals surface area contributed by atoms with Crippen molar-refractivity contribution in [3.05, 3.63) is 72.3 Å². The van der Waals surface area contributed by atoms with Gasteiger partial charge in [0.2, 0.25) is 5.82 Å². The van der Waals surface area contributed by atoms with Crippen molar-refractivity contribution in [3.8, 4) is 22.5 Å². The SMILES string of the molecule is Cc1cc(NCc2ccc(-c3ccncc3-c3nn[nH]n3)cc2)n2nccc2n1. The molecule has 0 amide bonds. The Bertz CT molecular complexity index is 1260. The molecule has 0 unspecified atom stereocenters. The molecule has 2 N–H and O–H groups in total. The number of nitrogens with zero attached hydrogens (tertiary/aromatic N) is 7. The van der Waals surface area contributed by atoms with E-state index in [1.807, 2.05) is 25.1 Å². The van der Waals surface area contributed by atoms with Gasteiger partial charge in [0.1, 0.15) is 5.82 Å². The van der Waals surface area contributed by atoms with Gasteiger partial charge in [-0.3, -0.25) is 4.98 Å². The molecule has 0 aliphatic heterocycles. The highest BCUT2D eigenvalue weighted by Gasteiger charge is 2.11. The van der Waals surface area contributed by atoms with E-state index in [0.717, 1.165) is 39.4 Å². The monoisotopic (exact) mass is 383 g/mol. The van der Waals surface area contributed by atoms with Gasteiger partial charge < -0.3 is 5.32 Å². The standard InChI is InChI=1S/C20H17N9/c1-13-10-19(29-18(24-13)7-9-23-29)22-11-14-2-4-15(5-3-14)16-6-8-21-12-17(16)20-25-27-28-26-20/h2-10,12,22H,11H2,1H3,(H,25,26,27,28). The first-order valence-corrected chi connectivity index (χ1v) is 9.10. The molecule has 5 aromatic rings. The second kappa shape index (κ2) is 7.12. The van der Waals surface area contributed by atoms with E-state index in [2.05, 4.69) is 65.3 Å². The van der Waals surface area contributed by atoms with Crippen LogP contribution in [0.5, 0.6) is 0 Å². The summed E-state index contributed by atoms with van der Waals surface area (Å²) in [4.78, 5) is 8.65. The summed E-state index contributed by atoms with van der Waals surface area (Å²) in [5, 5.41) is 22.0. The van der Waals surface area contributed by atoms with Gasteiger partial charge in [-0.2, -0.15) is 14.8 Å². The average Bonchev–Trinajstić information content (AvgIpc) is 3.44. The summed E-state index contributed by atoms with van der Waals surface area (Å²) in [6, 6.07) is 14.2. The number of rotatable bonds is 5. The summed E-state index contributed by atoms with van der Waals surface area (Å²) in [6.07, 6.45) is 5.25. The molecule has 4 aromatic heterocycles. The lowest BCUT2D eigenvalue weighted by molar-refractivity contribution is 0.881. The maximum absolute atomic E-state index is 4.46. The zero-order valence-corrected chi connectivity index (χ0v) is 15.6. The number of benzene rings is 1.